The lowest BCUT2D eigenvalue weighted by molar-refractivity contribution is -0.141. The van der Waals surface area contributed by atoms with Gasteiger partial charge in [0, 0.05) is 24.2 Å². The van der Waals surface area contributed by atoms with Gasteiger partial charge in [0.05, 0.1) is 33.0 Å². The number of hydrogen-bond acceptors (Lipinski definition) is 7. The molecule has 0 rings (SSSR count). The molecule has 0 spiro atoms. The van der Waals surface area contributed by atoms with Gasteiger partial charge in [-0.3, -0.25) is 0 Å². The van der Waals surface area contributed by atoms with E-state index in [1.54, 1.807) is 0 Å². The summed E-state index contributed by atoms with van der Waals surface area (Å²) in [6.07, 6.45) is 3.94. The van der Waals surface area contributed by atoms with E-state index in [0.29, 0.717) is 26.4 Å². The Morgan fingerprint density at radius 3 is 1.54 bits per heavy atom. The molecular weight excluding hydrogens is 340 g/mol. The van der Waals surface area contributed by atoms with Gasteiger partial charge in [0.1, 0.15) is 13.2 Å². The van der Waals surface area contributed by atoms with E-state index in [4.69, 9.17) is 23.7 Å². The van der Waals surface area contributed by atoms with Crippen LogP contribution in [0.2, 0.25) is 0 Å². The van der Waals surface area contributed by atoms with E-state index in [1.165, 1.54) is 0 Å². The summed E-state index contributed by atoms with van der Waals surface area (Å²) in [5.41, 5.74) is -0.319. The average Bonchev–Trinajstić information content (AvgIpc) is 2.66. The maximum Gasteiger partial charge on any atom is 0.330 e. The second kappa shape index (κ2) is 15.5. The SMILES string of the molecule is C=CC(=O)OCCOCC(CC)(COCCC)COCCOC(=O)C=C. The van der Waals surface area contributed by atoms with Crippen LogP contribution in [0.25, 0.3) is 0 Å². The molecule has 0 saturated heterocycles. The second-order valence-electron chi connectivity index (χ2n) is 5.75. The zero-order chi connectivity index (χ0) is 19.7. The van der Waals surface area contributed by atoms with Crippen molar-refractivity contribution in [2.24, 2.45) is 5.41 Å². The van der Waals surface area contributed by atoms with Crippen LogP contribution in [0, 0.1) is 5.41 Å². The molecule has 0 atom stereocenters. The van der Waals surface area contributed by atoms with Crippen molar-refractivity contribution in [3.63, 3.8) is 0 Å². The van der Waals surface area contributed by atoms with Crippen LogP contribution in [0.5, 0.6) is 0 Å². The van der Waals surface area contributed by atoms with E-state index in [2.05, 4.69) is 13.2 Å². The predicted octanol–water partition coefficient (Wildman–Crippen LogP) is 2.30. The molecule has 0 aromatic rings. The first-order valence-corrected chi connectivity index (χ1v) is 8.85. The monoisotopic (exact) mass is 372 g/mol. The van der Waals surface area contributed by atoms with Crippen LogP contribution in [0.15, 0.2) is 25.3 Å². The first-order chi connectivity index (χ1) is 12.5. The highest BCUT2D eigenvalue weighted by Crippen LogP contribution is 2.24. The first-order valence-electron chi connectivity index (χ1n) is 8.85. The molecule has 0 aliphatic carbocycles. The highest BCUT2D eigenvalue weighted by atomic mass is 16.6. The van der Waals surface area contributed by atoms with E-state index in [0.717, 1.165) is 25.0 Å². The van der Waals surface area contributed by atoms with Crippen molar-refractivity contribution in [2.45, 2.75) is 26.7 Å². The molecule has 0 aliphatic heterocycles. The Hall–Kier alpha value is -1.70. The van der Waals surface area contributed by atoms with Gasteiger partial charge in [-0.05, 0) is 12.8 Å². The largest absolute Gasteiger partial charge is 0.460 e. The lowest BCUT2D eigenvalue weighted by atomic mass is 9.88. The minimum atomic E-state index is -0.473. The number of ether oxygens (including phenoxy) is 5. The standard InChI is InChI=1S/C19H32O7/c1-5-9-22-14-19(8-4,15-23-10-12-25-17(20)6-2)16-24-11-13-26-18(21)7-3/h6-7H,2-3,5,8-16H2,1,4H3. The van der Waals surface area contributed by atoms with E-state index in [-0.39, 0.29) is 31.8 Å². The van der Waals surface area contributed by atoms with Gasteiger partial charge in [0.15, 0.2) is 0 Å². The van der Waals surface area contributed by atoms with Gasteiger partial charge in [0.25, 0.3) is 0 Å². The fourth-order valence-electron chi connectivity index (χ4n) is 1.96. The minimum Gasteiger partial charge on any atom is -0.460 e. The van der Waals surface area contributed by atoms with Crippen molar-refractivity contribution < 1.29 is 33.3 Å². The van der Waals surface area contributed by atoms with Crippen molar-refractivity contribution in [1.29, 1.82) is 0 Å². The molecule has 26 heavy (non-hydrogen) atoms. The topological polar surface area (TPSA) is 80.3 Å². The molecule has 0 fully saturated rings. The van der Waals surface area contributed by atoms with E-state index < -0.39 is 11.9 Å². The number of carbonyl (C=O) groups is 2. The normalized spacial score (nSPS) is 11.0. The van der Waals surface area contributed by atoms with Gasteiger partial charge in [-0.1, -0.05) is 27.0 Å². The number of esters is 2. The van der Waals surface area contributed by atoms with Crippen molar-refractivity contribution in [2.75, 3.05) is 52.9 Å². The molecule has 150 valence electrons. The van der Waals surface area contributed by atoms with Gasteiger partial charge < -0.3 is 23.7 Å². The van der Waals surface area contributed by atoms with Gasteiger partial charge in [-0.2, -0.15) is 0 Å². The smallest absolute Gasteiger partial charge is 0.330 e. The number of hydrogen-bond donors (Lipinski definition) is 0. The summed E-state index contributed by atoms with van der Waals surface area (Å²) in [5.74, 6) is -0.946. The van der Waals surface area contributed by atoms with Crippen LogP contribution in [-0.4, -0.2) is 64.8 Å². The molecule has 0 radical (unpaired) electrons. The van der Waals surface area contributed by atoms with Crippen LogP contribution in [0.4, 0.5) is 0 Å². The molecule has 0 bridgehead atoms. The molecule has 7 heteroatoms. The average molecular weight is 372 g/mol. The Morgan fingerprint density at radius 1 is 0.769 bits per heavy atom. The van der Waals surface area contributed by atoms with E-state index in [1.807, 2.05) is 13.8 Å². The molecule has 7 nitrogen and oxygen atoms in total. The molecule has 0 heterocycles. The molecular formula is C19H32O7. The van der Waals surface area contributed by atoms with Crippen molar-refractivity contribution >= 4 is 11.9 Å². The number of carbonyl (C=O) groups excluding carboxylic acids is 2. The Labute approximate surface area is 156 Å². The summed E-state index contributed by atoms with van der Waals surface area (Å²) in [4.78, 5) is 22.0. The second-order valence-corrected chi connectivity index (χ2v) is 5.75. The molecule has 0 N–H and O–H groups in total. The zero-order valence-electron chi connectivity index (χ0n) is 16.0. The third-order valence-electron chi connectivity index (χ3n) is 3.60. The Morgan fingerprint density at radius 2 is 1.19 bits per heavy atom. The minimum absolute atomic E-state index is 0.166. The molecule has 0 unspecified atom stereocenters. The fraction of sp³-hybridized carbons (Fsp3) is 0.684. The van der Waals surface area contributed by atoms with Crippen molar-refractivity contribution in [3.05, 3.63) is 25.3 Å². The summed E-state index contributed by atoms with van der Waals surface area (Å²) < 4.78 is 26.8. The van der Waals surface area contributed by atoms with E-state index in [9.17, 15) is 9.59 Å². The van der Waals surface area contributed by atoms with Crippen LogP contribution in [-0.2, 0) is 33.3 Å². The summed E-state index contributed by atoms with van der Waals surface area (Å²) >= 11 is 0. The zero-order valence-corrected chi connectivity index (χ0v) is 16.0. The highest BCUT2D eigenvalue weighted by Gasteiger charge is 2.29. The lowest BCUT2D eigenvalue weighted by Crippen LogP contribution is -2.37. The number of rotatable bonds is 17. The molecule has 0 aliphatic rings. The summed E-state index contributed by atoms with van der Waals surface area (Å²) in [7, 11) is 0. The molecule has 0 aromatic carbocycles. The predicted molar refractivity (Wildman–Crippen MR) is 97.8 cm³/mol. The van der Waals surface area contributed by atoms with Crippen LogP contribution in [0.3, 0.4) is 0 Å². The summed E-state index contributed by atoms with van der Waals surface area (Å²) in [6, 6.07) is 0. The Kier molecular flexibility index (Phi) is 14.5. The van der Waals surface area contributed by atoms with Gasteiger partial charge in [0.2, 0.25) is 0 Å². The van der Waals surface area contributed by atoms with Crippen LogP contribution in [0.1, 0.15) is 26.7 Å². The van der Waals surface area contributed by atoms with Crippen molar-refractivity contribution in [1.82, 2.24) is 0 Å². The third kappa shape index (κ3) is 11.8. The molecule has 0 aromatic heterocycles. The summed E-state index contributed by atoms with van der Waals surface area (Å²) in [6.45, 7) is 13.6. The van der Waals surface area contributed by atoms with E-state index >= 15 is 0 Å². The molecule has 0 saturated carbocycles. The highest BCUT2D eigenvalue weighted by molar-refractivity contribution is 5.81. The first kappa shape index (κ1) is 24.3. The van der Waals surface area contributed by atoms with Crippen molar-refractivity contribution in [3.8, 4) is 0 Å². The maximum atomic E-state index is 11.0. The fourth-order valence-corrected chi connectivity index (χ4v) is 1.96. The maximum absolute atomic E-state index is 11.0. The van der Waals surface area contributed by atoms with Crippen LogP contribution < -0.4 is 0 Å². The Bertz CT molecular complexity index is 390. The van der Waals surface area contributed by atoms with Gasteiger partial charge in [-0.25, -0.2) is 9.59 Å². The third-order valence-corrected chi connectivity index (χ3v) is 3.60. The van der Waals surface area contributed by atoms with Gasteiger partial charge in [-0.15, -0.1) is 0 Å². The lowest BCUT2D eigenvalue weighted by Gasteiger charge is -2.32. The van der Waals surface area contributed by atoms with Crippen LogP contribution >= 0.6 is 0 Å². The van der Waals surface area contributed by atoms with Gasteiger partial charge >= 0.3 is 11.9 Å². The molecule has 0 amide bonds. The Balaban J connectivity index is 4.34. The summed E-state index contributed by atoms with van der Waals surface area (Å²) in [5, 5.41) is 0. The quantitative estimate of drug-likeness (QED) is 0.220.